The van der Waals surface area contributed by atoms with Crippen LogP contribution >= 0.6 is 0 Å². The third-order valence-electron chi connectivity index (χ3n) is 4.25. The van der Waals surface area contributed by atoms with E-state index in [-0.39, 0.29) is 12.5 Å². The summed E-state index contributed by atoms with van der Waals surface area (Å²) in [7, 11) is 1.63. The van der Waals surface area contributed by atoms with Crippen LogP contribution in [-0.2, 0) is 4.79 Å². The van der Waals surface area contributed by atoms with Crippen molar-refractivity contribution in [2.75, 3.05) is 50.1 Å². The molecule has 132 valence electrons. The van der Waals surface area contributed by atoms with E-state index in [0.29, 0.717) is 13.1 Å². The molecule has 0 saturated carbocycles. The Hall–Kier alpha value is -2.83. The van der Waals surface area contributed by atoms with Crippen molar-refractivity contribution in [3.8, 4) is 5.75 Å². The number of piperazine rings is 1. The molecule has 7 nitrogen and oxygen atoms in total. The average Bonchev–Trinajstić information content (AvgIpc) is 2.67. The van der Waals surface area contributed by atoms with Gasteiger partial charge in [-0.3, -0.25) is 4.79 Å². The van der Waals surface area contributed by atoms with Crippen LogP contribution in [0.3, 0.4) is 0 Å². The fraction of sp³-hybridized carbons (Fsp3) is 0.389. The largest absolute Gasteiger partial charge is 0.495 e. The van der Waals surface area contributed by atoms with Gasteiger partial charge < -0.3 is 19.9 Å². The molecule has 1 amide bonds. The summed E-state index contributed by atoms with van der Waals surface area (Å²) >= 11 is 0. The Labute approximate surface area is 147 Å². The van der Waals surface area contributed by atoms with Crippen molar-refractivity contribution in [1.29, 1.82) is 0 Å². The van der Waals surface area contributed by atoms with Gasteiger partial charge in [0.2, 0.25) is 11.9 Å². The van der Waals surface area contributed by atoms with Gasteiger partial charge in [0.05, 0.1) is 19.3 Å². The molecule has 1 aromatic carbocycles. The molecule has 1 fully saturated rings. The SMILES string of the molecule is COc1ccc(C)cc1NCC(=O)N1CCN(c2ncccn2)CC1. The summed E-state index contributed by atoms with van der Waals surface area (Å²) in [5.41, 5.74) is 1.96. The first-order valence-corrected chi connectivity index (χ1v) is 8.35. The van der Waals surface area contributed by atoms with Crippen LogP contribution in [0.2, 0.25) is 0 Å². The van der Waals surface area contributed by atoms with Crippen LogP contribution in [0.25, 0.3) is 0 Å². The van der Waals surface area contributed by atoms with E-state index in [4.69, 9.17) is 4.74 Å². The number of nitrogens with zero attached hydrogens (tertiary/aromatic N) is 4. The Morgan fingerprint density at radius 2 is 1.92 bits per heavy atom. The van der Waals surface area contributed by atoms with Crippen molar-refractivity contribution in [2.24, 2.45) is 0 Å². The van der Waals surface area contributed by atoms with Crippen LogP contribution in [0.1, 0.15) is 5.56 Å². The van der Waals surface area contributed by atoms with E-state index in [2.05, 4.69) is 20.2 Å². The number of aryl methyl sites for hydroxylation is 1. The number of carbonyl (C=O) groups excluding carboxylic acids is 1. The van der Waals surface area contributed by atoms with Gasteiger partial charge in [-0.2, -0.15) is 0 Å². The fourth-order valence-electron chi connectivity index (χ4n) is 2.85. The van der Waals surface area contributed by atoms with Gasteiger partial charge in [-0.25, -0.2) is 9.97 Å². The summed E-state index contributed by atoms with van der Waals surface area (Å²) < 4.78 is 5.33. The van der Waals surface area contributed by atoms with E-state index in [1.807, 2.05) is 30.0 Å². The second-order valence-electron chi connectivity index (χ2n) is 5.97. The molecule has 0 aliphatic carbocycles. The average molecular weight is 341 g/mol. The molecule has 1 aliphatic rings. The number of hydrogen-bond acceptors (Lipinski definition) is 6. The highest BCUT2D eigenvalue weighted by atomic mass is 16.5. The monoisotopic (exact) mass is 341 g/mol. The minimum absolute atomic E-state index is 0.0807. The number of carbonyl (C=O) groups is 1. The first-order chi connectivity index (χ1) is 12.2. The van der Waals surface area contributed by atoms with Gasteiger partial charge in [-0.05, 0) is 30.7 Å². The maximum atomic E-state index is 12.5. The molecule has 0 radical (unpaired) electrons. The molecule has 0 spiro atoms. The van der Waals surface area contributed by atoms with Gasteiger partial charge in [0.15, 0.2) is 0 Å². The van der Waals surface area contributed by atoms with Crippen molar-refractivity contribution in [2.45, 2.75) is 6.92 Å². The van der Waals surface area contributed by atoms with Gasteiger partial charge >= 0.3 is 0 Å². The zero-order valence-corrected chi connectivity index (χ0v) is 14.6. The van der Waals surface area contributed by atoms with E-state index >= 15 is 0 Å². The van der Waals surface area contributed by atoms with Crippen molar-refractivity contribution in [1.82, 2.24) is 14.9 Å². The number of amides is 1. The van der Waals surface area contributed by atoms with Crippen molar-refractivity contribution in [3.63, 3.8) is 0 Å². The Morgan fingerprint density at radius 3 is 2.60 bits per heavy atom. The lowest BCUT2D eigenvalue weighted by Crippen LogP contribution is -2.50. The predicted molar refractivity (Wildman–Crippen MR) is 97.0 cm³/mol. The van der Waals surface area contributed by atoms with Crippen LogP contribution in [0.4, 0.5) is 11.6 Å². The Kier molecular flexibility index (Phi) is 5.33. The molecule has 3 rings (SSSR count). The normalized spacial score (nSPS) is 14.3. The van der Waals surface area contributed by atoms with E-state index in [1.165, 1.54) is 0 Å². The summed E-state index contributed by atoms with van der Waals surface area (Å²) in [6, 6.07) is 7.67. The highest BCUT2D eigenvalue weighted by Crippen LogP contribution is 2.25. The van der Waals surface area contributed by atoms with Gasteiger partial charge in [0.1, 0.15) is 5.75 Å². The van der Waals surface area contributed by atoms with Crippen LogP contribution in [0.5, 0.6) is 5.75 Å². The molecule has 25 heavy (non-hydrogen) atoms. The first-order valence-electron chi connectivity index (χ1n) is 8.35. The van der Waals surface area contributed by atoms with Gasteiger partial charge in [-0.1, -0.05) is 6.07 Å². The van der Waals surface area contributed by atoms with Crippen molar-refractivity contribution < 1.29 is 9.53 Å². The molecular formula is C18H23N5O2. The number of rotatable bonds is 5. The summed E-state index contributed by atoms with van der Waals surface area (Å²) in [6.07, 6.45) is 3.47. The molecule has 1 saturated heterocycles. The molecule has 2 aromatic rings. The third kappa shape index (κ3) is 4.17. The number of hydrogen-bond donors (Lipinski definition) is 1. The maximum absolute atomic E-state index is 12.5. The van der Waals surface area contributed by atoms with Gasteiger partial charge in [-0.15, -0.1) is 0 Å². The molecule has 7 heteroatoms. The minimum atomic E-state index is 0.0807. The lowest BCUT2D eigenvalue weighted by molar-refractivity contribution is -0.129. The van der Waals surface area contributed by atoms with Gasteiger partial charge in [0.25, 0.3) is 0 Å². The van der Waals surface area contributed by atoms with E-state index in [9.17, 15) is 4.79 Å². The number of aromatic nitrogens is 2. The number of benzene rings is 1. The molecular weight excluding hydrogens is 318 g/mol. The first kappa shape index (κ1) is 17.0. The summed E-state index contributed by atoms with van der Waals surface area (Å²) in [6.45, 7) is 5.08. The van der Waals surface area contributed by atoms with Crippen LogP contribution in [0.15, 0.2) is 36.7 Å². The zero-order valence-electron chi connectivity index (χ0n) is 14.6. The van der Waals surface area contributed by atoms with Crippen LogP contribution in [0, 0.1) is 6.92 Å². The highest BCUT2D eigenvalue weighted by Gasteiger charge is 2.22. The van der Waals surface area contributed by atoms with E-state index in [1.54, 1.807) is 25.6 Å². The molecule has 0 atom stereocenters. The van der Waals surface area contributed by atoms with Crippen molar-refractivity contribution >= 4 is 17.5 Å². The second kappa shape index (κ2) is 7.83. The summed E-state index contributed by atoms with van der Waals surface area (Å²) in [5, 5.41) is 3.19. The molecule has 2 heterocycles. The number of ether oxygens (including phenoxy) is 1. The Balaban J connectivity index is 1.52. The lowest BCUT2D eigenvalue weighted by Gasteiger charge is -2.34. The van der Waals surface area contributed by atoms with Crippen LogP contribution in [-0.4, -0.2) is 60.6 Å². The quantitative estimate of drug-likeness (QED) is 0.890. The molecule has 1 aliphatic heterocycles. The Bertz CT molecular complexity index is 715. The minimum Gasteiger partial charge on any atom is -0.495 e. The van der Waals surface area contributed by atoms with Gasteiger partial charge in [0, 0.05) is 38.6 Å². The molecule has 1 N–H and O–H groups in total. The zero-order chi connectivity index (χ0) is 17.6. The predicted octanol–water partition coefficient (Wildman–Crippen LogP) is 1.55. The summed E-state index contributed by atoms with van der Waals surface area (Å²) in [5.74, 6) is 1.54. The van der Waals surface area contributed by atoms with E-state index < -0.39 is 0 Å². The highest BCUT2D eigenvalue weighted by molar-refractivity contribution is 5.81. The molecule has 1 aromatic heterocycles. The topological polar surface area (TPSA) is 70.6 Å². The lowest BCUT2D eigenvalue weighted by atomic mass is 10.2. The third-order valence-corrected chi connectivity index (χ3v) is 4.25. The Morgan fingerprint density at radius 1 is 1.20 bits per heavy atom. The maximum Gasteiger partial charge on any atom is 0.241 e. The number of nitrogens with one attached hydrogen (secondary N) is 1. The second-order valence-corrected chi connectivity index (χ2v) is 5.97. The van der Waals surface area contributed by atoms with Crippen LogP contribution < -0.4 is 15.0 Å². The summed E-state index contributed by atoms with van der Waals surface area (Å²) in [4.78, 5) is 25.0. The number of anilines is 2. The fourth-order valence-corrected chi connectivity index (χ4v) is 2.85. The standard InChI is InChI=1S/C18H23N5O2/c1-14-4-5-16(25-2)15(12-14)21-13-17(24)22-8-10-23(11-9-22)18-19-6-3-7-20-18/h3-7,12,21H,8-11,13H2,1-2H3. The van der Waals surface area contributed by atoms with E-state index in [0.717, 1.165) is 36.0 Å². The smallest absolute Gasteiger partial charge is 0.241 e. The molecule has 0 bridgehead atoms. The van der Waals surface area contributed by atoms with Crippen molar-refractivity contribution in [3.05, 3.63) is 42.2 Å². The molecule has 0 unspecified atom stereocenters. The number of methoxy groups -OCH3 is 1.